The van der Waals surface area contributed by atoms with Gasteiger partial charge in [-0.15, -0.1) is 17.5 Å². The van der Waals surface area contributed by atoms with Gasteiger partial charge in [0, 0.05) is 49.5 Å². The van der Waals surface area contributed by atoms with E-state index in [-0.39, 0.29) is 26.8 Å². The number of aromatic hydroxyl groups is 1. The van der Waals surface area contributed by atoms with Crippen LogP contribution in [0.2, 0.25) is 0 Å². The van der Waals surface area contributed by atoms with Gasteiger partial charge in [0.2, 0.25) is 5.88 Å². The fraction of sp³-hybridized carbons (Fsp3) is 0.133. The number of aromatic nitrogens is 3. The number of rotatable bonds is 5. The standard InChI is InChI=1S/C30H24N3O2.Pt/c1-3-19-16-21(4-2)31-28(17-19)33-25-10-6-5-9-23(25)24-14-13-22(18-26(24)33)35-29-15-12-20-8-7-11-27(34)30(20)32-29;/h5-17,34H,3-4H2,1-2H3;/q-1;. The zero-order valence-electron chi connectivity index (χ0n) is 19.9. The maximum atomic E-state index is 10.2. The van der Waals surface area contributed by atoms with Crippen molar-refractivity contribution in [3.63, 3.8) is 0 Å². The summed E-state index contributed by atoms with van der Waals surface area (Å²) >= 11 is 0. The Labute approximate surface area is 223 Å². The third-order valence-electron chi connectivity index (χ3n) is 6.37. The number of phenols is 1. The molecule has 0 radical (unpaired) electrons. The van der Waals surface area contributed by atoms with Gasteiger partial charge in [-0.05, 0) is 54.1 Å². The minimum Gasteiger partial charge on any atom is -0.506 e. The first-order valence-electron chi connectivity index (χ1n) is 11.9. The Balaban J connectivity index is 0.00000267. The van der Waals surface area contributed by atoms with Crippen LogP contribution in [0, 0.1) is 6.07 Å². The minimum atomic E-state index is 0. The first-order chi connectivity index (χ1) is 17.1. The molecule has 3 heterocycles. The normalized spacial score (nSPS) is 11.2. The van der Waals surface area contributed by atoms with Gasteiger partial charge in [0.15, 0.2) is 0 Å². The Morgan fingerprint density at radius 2 is 1.72 bits per heavy atom. The van der Waals surface area contributed by atoms with E-state index in [2.05, 4.69) is 65.9 Å². The summed E-state index contributed by atoms with van der Waals surface area (Å²) in [6.07, 6.45) is 1.81. The predicted molar refractivity (Wildman–Crippen MR) is 140 cm³/mol. The van der Waals surface area contributed by atoms with E-state index in [0.717, 1.165) is 51.5 Å². The molecule has 0 saturated carbocycles. The molecular formula is C30H24N3O2Pt-. The zero-order chi connectivity index (χ0) is 23.9. The van der Waals surface area contributed by atoms with Crippen LogP contribution < -0.4 is 4.74 Å². The van der Waals surface area contributed by atoms with Crippen LogP contribution in [0.3, 0.4) is 0 Å². The number of nitrogens with zero attached hydrogens (tertiary/aromatic N) is 3. The van der Waals surface area contributed by atoms with E-state index in [1.165, 1.54) is 5.56 Å². The van der Waals surface area contributed by atoms with E-state index in [0.29, 0.717) is 17.1 Å². The maximum absolute atomic E-state index is 10.2. The van der Waals surface area contributed by atoms with E-state index in [4.69, 9.17) is 9.72 Å². The van der Waals surface area contributed by atoms with Crippen LogP contribution in [-0.4, -0.2) is 19.6 Å². The van der Waals surface area contributed by atoms with Gasteiger partial charge < -0.3 is 14.4 Å². The molecule has 0 aliphatic rings. The third kappa shape index (κ3) is 4.14. The molecule has 0 aliphatic carbocycles. The molecule has 36 heavy (non-hydrogen) atoms. The zero-order valence-corrected chi connectivity index (χ0v) is 22.2. The molecule has 0 unspecified atom stereocenters. The number of pyridine rings is 2. The summed E-state index contributed by atoms with van der Waals surface area (Å²) in [5.41, 5.74) is 4.80. The molecule has 0 amide bonds. The summed E-state index contributed by atoms with van der Waals surface area (Å²) < 4.78 is 8.28. The Hall–Kier alpha value is -3.69. The van der Waals surface area contributed by atoms with E-state index >= 15 is 0 Å². The first kappa shape index (κ1) is 24.0. The Kier molecular flexibility index (Phi) is 6.51. The third-order valence-corrected chi connectivity index (χ3v) is 6.37. The Bertz CT molecular complexity index is 1700. The second-order valence-electron chi connectivity index (χ2n) is 8.57. The molecule has 1 N–H and O–H groups in total. The van der Waals surface area contributed by atoms with Crippen LogP contribution >= 0.6 is 0 Å². The van der Waals surface area contributed by atoms with Crippen molar-refractivity contribution in [2.45, 2.75) is 26.7 Å². The second kappa shape index (κ2) is 9.75. The molecule has 3 aromatic carbocycles. The maximum Gasteiger partial charge on any atom is 0.217 e. The molecule has 0 saturated heterocycles. The van der Waals surface area contributed by atoms with E-state index in [1.54, 1.807) is 18.2 Å². The first-order valence-corrected chi connectivity index (χ1v) is 11.9. The molecule has 0 bridgehead atoms. The van der Waals surface area contributed by atoms with Crippen molar-refractivity contribution in [3.8, 4) is 23.2 Å². The van der Waals surface area contributed by atoms with Crippen molar-refractivity contribution >= 4 is 32.7 Å². The smallest absolute Gasteiger partial charge is 0.217 e. The SMILES string of the molecule is CCc1cc(CC)nc(-n2c3[c-]c(Oc4ccc5cccc(O)c5n4)ccc3c3ccccc32)c1.[Pt]. The molecule has 0 aliphatic heterocycles. The van der Waals surface area contributed by atoms with Crippen LogP contribution in [0.1, 0.15) is 25.1 Å². The molecule has 182 valence electrons. The van der Waals surface area contributed by atoms with Crippen LogP contribution in [-0.2, 0) is 33.9 Å². The van der Waals surface area contributed by atoms with Crippen LogP contribution in [0.25, 0.3) is 38.5 Å². The molecule has 0 atom stereocenters. The van der Waals surface area contributed by atoms with Crippen molar-refractivity contribution in [2.24, 2.45) is 0 Å². The topological polar surface area (TPSA) is 60.2 Å². The van der Waals surface area contributed by atoms with Gasteiger partial charge >= 0.3 is 0 Å². The molecule has 0 spiro atoms. The van der Waals surface area contributed by atoms with Gasteiger partial charge in [0.1, 0.15) is 17.1 Å². The average Bonchev–Trinajstić information content (AvgIpc) is 3.22. The predicted octanol–water partition coefficient (Wildman–Crippen LogP) is 7.15. The molecule has 6 heteroatoms. The van der Waals surface area contributed by atoms with Gasteiger partial charge in [-0.3, -0.25) is 0 Å². The van der Waals surface area contributed by atoms with Gasteiger partial charge in [-0.25, -0.2) is 9.97 Å². The van der Waals surface area contributed by atoms with Gasteiger partial charge in [0.25, 0.3) is 0 Å². The van der Waals surface area contributed by atoms with Crippen LogP contribution in [0.15, 0.2) is 78.9 Å². The monoisotopic (exact) mass is 653 g/mol. The number of aryl methyl sites for hydroxylation is 2. The summed E-state index contributed by atoms with van der Waals surface area (Å²) in [5.74, 6) is 1.96. The molecule has 5 nitrogen and oxygen atoms in total. The summed E-state index contributed by atoms with van der Waals surface area (Å²) in [7, 11) is 0. The fourth-order valence-corrected chi connectivity index (χ4v) is 4.59. The van der Waals surface area contributed by atoms with E-state index in [9.17, 15) is 5.11 Å². The van der Waals surface area contributed by atoms with Gasteiger partial charge in [0.05, 0.1) is 0 Å². The molecule has 6 rings (SSSR count). The number of fused-ring (bicyclic) bond motifs is 4. The number of phenolic OH excluding ortho intramolecular Hbond substituents is 1. The van der Waals surface area contributed by atoms with Crippen molar-refractivity contribution in [1.29, 1.82) is 0 Å². The number of hydrogen-bond donors (Lipinski definition) is 1. The van der Waals surface area contributed by atoms with Crippen LogP contribution in [0.5, 0.6) is 17.4 Å². The van der Waals surface area contributed by atoms with Crippen molar-refractivity contribution in [3.05, 3.63) is 96.2 Å². The van der Waals surface area contributed by atoms with E-state index < -0.39 is 0 Å². The average molecular weight is 654 g/mol. The molecule has 3 aromatic heterocycles. The molecular weight excluding hydrogens is 629 g/mol. The molecule has 0 fully saturated rings. The fourth-order valence-electron chi connectivity index (χ4n) is 4.59. The van der Waals surface area contributed by atoms with Gasteiger partial charge in [-0.1, -0.05) is 49.7 Å². The number of benzene rings is 3. The Morgan fingerprint density at radius 1 is 0.861 bits per heavy atom. The largest absolute Gasteiger partial charge is 0.506 e. The number of para-hydroxylation sites is 2. The summed E-state index contributed by atoms with van der Waals surface area (Å²) in [4.78, 5) is 9.47. The van der Waals surface area contributed by atoms with Crippen molar-refractivity contribution in [1.82, 2.24) is 14.5 Å². The van der Waals surface area contributed by atoms with Crippen molar-refractivity contribution < 1.29 is 30.9 Å². The molecule has 6 aromatic rings. The Morgan fingerprint density at radius 3 is 2.56 bits per heavy atom. The van der Waals surface area contributed by atoms with Crippen molar-refractivity contribution in [2.75, 3.05) is 0 Å². The van der Waals surface area contributed by atoms with Crippen LogP contribution in [0.4, 0.5) is 0 Å². The second-order valence-corrected chi connectivity index (χ2v) is 8.57. The van der Waals surface area contributed by atoms with Gasteiger partial charge in [-0.2, -0.15) is 6.07 Å². The van der Waals surface area contributed by atoms with E-state index in [1.807, 2.05) is 24.3 Å². The summed E-state index contributed by atoms with van der Waals surface area (Å²) in [6, 6.07) is 29.1. The number of hydrogen-bond acceptors (Lipinski definition) is 4. The summed E-state index contributed by atoms with van der Waals surface area (Å²) in [6.45, 7) is 4.29. The minimum absolute atomic E-state index is 0. The summed E-state index contributed by atoms with van der Waals surface area (Å²) in [5, 5.41) is 13.3. The quantitative estimate of drug-likeness (QED) is 0.201. The number of ether oxygens (including phenoxy) is 1.